The second kappa shape index (κ2) is 5.31. The van der Waals surface area contributed by atoms with Gasteiger partial charge in [-0.25, -0.2) is 8.78 Å². The van der Waals surface area contributed by atoms with Gasteiger partial charge in [-0.15, -0.1) is 11.8 Å². The van der Waals surface area contributed by atoms with Crippen LogP contribution in [-0.4, -0.2) is 12.0 Å². The van der Waals surface area contributed by atoms with Crippen LogP contribution in [0.5, 0.6) is 0 Å². The number of rotatable bonds is 3. The number of carbonyl (C=O) groups excluding carboxylic acids is 1. The van der Waals surface area contributed by atoms with E-state index in [4.69, 9.17) is 0 Å². The molecule has 92 valence electrons. The van der Waals surface area contributed by atoms with Gasteiger partial charge in [0.05, 0.1) is 0 Å². The summed E-state index contributed by atoms with van der Waals surface area (Å²) in [6, 6.07) is 10.2. The summed E-state index contributed by atoms with van der Waals surface area (Å²) in [6.07, 6.45) is 1.90. The molecule has 4 heteroatoms. The van der Waals surface area contributed by atoms with Gasteiger partial charge < -0.3 is 0 Å². The summed E-state index contributed by atoms with van der Waals surface area (Å²) in [5.41, 5.74) is 0.611. The van der Waals surface area contributed by atoms with Gasteiger partial charge in [0.25, 0.3) is 0 Å². The average Bonchev–Trinajstić information content (AvgIpc) is 2.41. The van der Waals surface area contributed by atoms with Crippen molar-refractivity contribution >= 4 is 17.5 Å². The number of benzene rings is 2. The van der Waals surface area contributed by atoms with Crippen LogP contribution >= 0.6 is 11.8 Å². The highest BCUT2D eigenvalue weighted by molar-refractivity contribution is 7.98. The third-order valence-corrected chi connectivity index (χ3v) is 3.24. The van der Waals surface area contributed by atoms with E-state index >= 15 is 0 Å². The highest BCUT2D eigenvalue weighted by atomic mass is 32.2. The Kier molecular flexibility index (Phi) is 3.77. The van der Waals surface area contributed by atoms with Crippen molar-refractivity contribution < 1.29 is 13.6 Å². The predicted molar refractivity (Wildman–Crippen MR) is 68.0 cm³/mol. The molecule has 2 rings (SSSR count). The van der Waals surface area contributed by atoms with E-state index in [1.165, 1.54) is 17.8 Å². The molecule has 0 aliphatic carbocycles. The fourth-order valence-corrected chi connectivity index (χ4v) is 2.03. The topological polar surface area (TPSA) is 17.1 Å². The van der Waals surface area contributed by atoms with Gasteiger partial charge in [0, 0.05) is 16.0 Å². The van der Waals surface area contributed by atoms with Gasteiger partial charge in [0.2, 0.25) is 0 Å². The Morgan fingerprint density at radius 3 is 2.39 bits per heavy atom. The molecule has 18 heavy (non-hydrogen) atoms. The molecule has 0 amide bonds. The largest absolute Gasteiger partial charge is 0.289 e. The molecular weight excluding hydrogens is 254 g/mol. The van der Waals surface area contributed by atoms with E-state index in [1.807, 2.05) is 12.3 Å². The number of halogens is 2. The van der Waals surface area contributed by atoms with Crippen LogP contribution in [0.4, 0.5) is 8.78 Å². The molecule has 2 aromatic carbocycles. The zero-order valence-electron chi connectivity index (χ0n) is 9.61. The SMILES string of the molecule is CSc1cccc(C(=O)c2ccc(F)c(F)c2)c1. The minimum absolute atomic E-state index is 0.146. The lowest BCUT2D eigenvalue weighted by atomic mass is 10.0. The van der Waals surface area contributed by atoms with Gasteiger partial charge in [0.1, 0.15) is 0 Å². The van der Waals surface area contributed by atoms with Crippen molar-refractivity contribution in [1.29, 1.82) is 0 Å². The van der Waals surface area contributed by atoms with E-state index in [1.54, 1.807) is 18.2 Å². The number of ketones is 1. The molecule has 0 saturated carbocycles. The molecule has 0 fully saturated rings. The first-order valence-electron chi connectivity index (χ1n) is 5.25. The van der Waals surface area contributed by atoms with Crippen molar-refractivity contribution in [3.63, 3.8) is 0 Å². The number of hydrogen-bond acceptors (Lipinski definition) is 2. The summed E-state index contributed by atoms with van der Waals surface area (Å²) < 4.78 is 25.9. The van der Waals surface area contributed by atoms with Crippen molar-refractivity contribution in [3.8, 4) is 0 Å². The summed E-state index contributed by atoms with van der Waals surface area (Å²) in [7, 11) is 0. The molecule has 0 spiro atoms. The summed E-state index contributed by atoms with van der Waals surface area (Å²) in [4.78, 5) is 13.0. The van der Waals surface area contributed by atoms with Crippen LogP contribution in [-0.2, 0) is 0 Å². The second-order valence-electron chi connectivity index (χ2n) is 3.69. The minimum atomic E-state index is -1.01. The van der Waals surface area contributed by atoms with E-state index in [9.17, 15) is 13.6 Å². The standard InChI is InChI=1S/C14H10F2OS/c1-18-11-4-2-3-9(7-11)14(17)10-5-6-12(15)13(16)8-10/h2-8H,1H3. The molecule has 0 heterocycles. The first-order valence-corrected chi connectivity index (χ1v) is 6.48. The molecule has 0 N–H and O–H groups in total. The van der Waals surface area contributed by atoms with Crippen molar-refractivity contribution in [1.82, 2.24) is 0 Å². The summed E-state index contributed by atoms with van der Waals surface area (Å²) in [5.74, 6) is -2.28. The van der Waals surface area contributed by atoms with E-state index in [-0.39, 0.29) is 11.3 Å². The molecule has 0 saturated heterocycles. The maximum Gasteiger partial charge on any atom is 0.193 e. The molecule has 0 unspecified atom stereocenters. The van der Waals surface area contributed by atoms with E-state index in [0.29, 0.717) is 5.56 Å². The molecular formula is C14H10F2OS. The predicted octanol–water partition coefficient (Wildman–Crippen LogP) is 3.92. The van der Waals surface area contributed by atoms with Crippen molar-refractivity contribution in [2.45, 2.75) is 4.90 Å². The summed E-state index contributed by atoms with van der Waals surface area (Å²) in [5, 5.41) is 0. The van der Waals surface area contributed by atoms with Crippen molar-refractivity contribution in [2.24, 2.45) is 0 Å². The van der Waals surface area contributed by atoms with Crippen LogP contribution < -0.4 is 0 Å². The molecule has 0 aromatic heterocycles. The second-order valence-corrected chi connectivity index (χ2v) is 4.57. The molecule has 0 atom stereocenters. The lowest BCUT2D eigenvalue weighted by molar-refractivity contribution is 0.103. The van der Waals surface area contributed by atoms with Gasteiger partial charge >= 0.3 is 0 Å². The molecule has 0 aliphatic rings. The maximum absolute atomic E-state index is 13.1. The Bertz CT molecular complexity index is 596. The normalized spacial score (nSPS) is 10.4. The third kappa shape index (κ3) is 2.59. The monoisotopic (exact) mass is 264 g/mol. The lowest BCUT2D eigenvalue weighted by Crippen LogP contribution is -2.02. The van der Waals surface area contributed by atoms with E-state index in [2.05, 4.69) is 0 Å². The Hall–Kier alpha value is -1.68. The number of carbonyl (C=O) groups is 1. The summed E-state index contributed by atoms with van der Waals surface area (Å²) >= 11 is 1.51. The summed E-state index contributed by atoms with van der Waals surface area (Å²) in [6.45, 7) is 0. The van der Waals surface area contributed by atoms with Gasteiger partial charge in [0.15, 0.2) is 17.4 Å². The van der Waals surface area contributed by atoms with Crippen LogP contribution in [0.25, 0.3) is 0 Å². The van der Waals surface area contributed by atoms with E-state index in [0.717, 1.165) is 17.0 Å². The Balaban J connectivity index is 2.38. The van der Waals surface area contributed by atoms with E-state index < -0.39 is 11.6 Å². The van der Waals surface area contributed by atoms with Crippen molar-refractivity contribution in [2.75, 3.05) is 6.26 Å². The Morgan fingerprint density at radius 1 is 1.00 bits per heavy atom. The smallest absolute Gasteiger partial charge is 0.193 e. The minimum Gasteiger partial charge on any atom is -0.289 e. The maximum atomic E-state index is 13.1. The third-order valence-electron chi connectivity index (χ3n) is 2.51. The lowest BCUT2D eigenvalue weighted by Gasteiger charge is -2.03. The molecule has 0 aliphatic heterocycles. The highest BCUT2D eigenvalue weighted by Crippen LogP contribution is 2.19. The Labute approximate surface area is 108 Å². The zero-order valence-corrected chi connectivity index (χ0v) is 10.4. The first-order chi connectivity index (χ1) is 8.61. The van der Waals surface area contributed by atoms with Gasteiger partial charge in [-0.05, 0) is 36.6 Å². The number of hydrogen-bond donors (Lipinski definition) is 0. The molecule has 0 radical (unpaired) electrons. The van der Waals surface area contributed by atoms with Crippen LogP contribution in [0.1, 0.15) is 15.9 Å². The average molecular weight is 264 g/mol. The quantitative estimate of drug-likeness (QED) is 0.617. The molecule has 0 bridgehead atoms. The number of thioether (sulfide) groups is 1. The Morgan fingerprint density at radius 2 is 1.72 bits per heavy atom. The zero-order chi connectivity index (χ0) is 13.1. The fraction of sp³-hybridized carbons (Fsp3) is 0.0714. The van der Waals surface area contributed by atoms with Crippen LogP contribution in [0.15, 0.2) is 47.4 Å². The van der Waals surface area contributed by atoms with Gasteiger partial charge in [-0.3, -0.25) is 4.79 Å². The van der Waals surface area contributed by atoms with Crippen LogP contribution in [0, 0.1) is 11.6 Å². The highest BCUT2D eigenvalue weighted by Gasteiger charge is 2.12. The van der Waals surface area contributed by atoms with Crippen LogP contribution in [0.2, 0.25) is 0 Å². The van der Waals surface area contributed by atoms with Gasteiger partial charge in [-0.2, -0.15) is 0 Å². The molecule has 2 aromatic rings. The van der Waals surface area contributed by atoms with Gasteiger partial charge in [-0.1, -0.05) is 12.1 Å². The van der Waals surface area contributed by atoms with Crippen LogP contribution in [0.3, 0.4) is 0 Å². The first kappa shape index (κ1) is 12.8. The van der Waals surface area contributed by atoms with Crippen molar-refractivity contribution in [3.05, 3.63) is 65.2 Å². The molecule has 1 nitrogen and oxygen atoms in total. The fourth-order valence-electron chi connectivity index (χ4n) is 1.57.